The van der Waals surface area contributed by atoms with Crippen LogP contribution in [0.1, 0.15) is 13.8 Å². The molecule has 0 bridgehead atoms. The number of rotatable bonds is 3. The van der Waals surface area contributed by atoms with Crippen molar-refractivity contribution in [1.82, 2.24) is 9.97 Å². The third-order valence-electron chi connectivity index (χ3n) is 2.64. The van der Waals surface area contributed by atoms with E-state index in [0.29, 0.717) is 0 Å². The highest BCUT2D eigenvalue weighted by Gasteiger charge is 2.09. The van der Waals surface area contributed by atoms with Crippen molar-refractivity contribution < 1.29 is 0 Å². The first-order valence-corrected chi connectivity index (χ1v) is 5.79. The van der Waals surface area contributed by atoms with Crippen molar-refractivity contribution in [2.75, 3.05) is 18.0 Å². The van der Waals surface area contributed by atoms with Crippen LogP contribution >= 0.6 is 24.0 Å². The Morgan fingerprint density at radius 3 is 2.53 bits per heavy atom. The van der Waals surface area contributed by atoms with Crippen molar-refractivity contribution in [2.24, 2.45) is 0 Å². The minimum absolute atomic E-state index is 0. The standard InChI is InChI=1S/C12H14ClN3.ClH/c1-3-16(4-2)12-10-7-9(13)5-6-11(10)14-8-15-12;/h5-8H,3-4H2,1-2H3;1H. The van der Waals surface area contributed by atoms with Crippen LogP contribution in [0.5, 0.6) is 0 Å². The molecule has 0 aliphatic carbocycles. The lowest BCUT2D eigenvalue weighted by atomic mass is 10.2. The third kappa shape index (κ3) is 2.79. The van der Waals surface area contributed by atoms with E-state index in [-0.39, 0.29) is 12.4 Å². The summed E-state index contributed by atoms with van der Waals surface area (Å²) in [5.74, 6) is 0.956. The van der Waals surface area contributed by atoms with E-state index >= 15 is 0 Å². The molecule has 0 aliphatic heterocycles. The van der Waals surface area contributed by atoms with Gasteiger partial charge in [0.25, 0.3) is 0 Å². The number of aromatic nitrogens is 2. The van der Waals surface area contributed by atoms with Gasteiger partial charge in [0.15, 0.2) is 0 Å². The molecule has 1 heterocycles. The second-order valence-corrected chi connectivity index (χ2v) is 3.97. The van der Waals surface area contributed by atoms with Crippen LogP contribution in [-0.2, 0) is 0 Å². The summed E-state index contributed by atoms with van der Waals surface area (Å²) in [6.45, 7) is 6.08. The molecule has 0 radical (unpaired) electrons. The van der Waals surface area contributed by atoms with Gasteiger partial charge in [0.1, 0.15) is 12.1 Å². The van der Waals surface area contributed by atoms with Crippen LogP contribution < -0.4 is 4.90 Å². The summed E-state index contributed by atoms with van der Waals surface area (Å²) in [4.78, 5) is 10.8. The molecule has 1 aromatic heterocycles. The maximum Gasteiger partial charge on any atom is 0.139 e. The molecule has 0 spiro atoms. The van der Waals surface area contributed by atoms with E-state index < -0.39 is 0 Å². The Kier molecular flexibility index (Phi) is 4.97. The van der Waals surface area contributed by atoms with Gasteiger partial charge < -0.3 is 4.90 Å². The maximum absolute atomic E-state index is 6.01. The van der Waals surface area contributed by atoms with Gasteiger partial charge in [0, 0.05) is 23.5 Å². The Morgan fingerprint density at radius 1 is 1.18 bits per heavy atom. The first-order chi connectivity index (χ1) is 7.76. The number of fused-ring (bicyclic) bond motifs is 1. The highest BCUT2D eigenvalue weighted by molar-refractivity contribution is 6.31. The van der Waals surface area contributed by atoms with Crippen molar-refractivity contribution >= 4 is 40.7 Å². The van der Waals surface area contributed by atoms with Crippen molar-refractivity contribution in [1.29, 1.82) is 0 Å². The number of nitrogens with zero attached hydrogens (tertiary/aromatic N) is 3. The lowest BCUT2D eigenvalue weighted by Crippen LogP contribution is -2.23. The molecule has 0 atom stereocenters. The average molecular weight is 272 g/mol. The SMILES string of the molecule is CCN(CC)c1ncnc2ccc(Cl)cc12.Cl. The molecule has 17 heavy (non-hydrogen) atoms. The zero-order chi connectivity index (χ0) is 11.5. The van der Waals surface area contributed by atoms with Gasteiger partial charge >= 0.3 is 0 Å². The van der Waals surface area contributed by atoms with Crippen LogP contribution in [0.3, 0.4) is 0 Å². The summed E-state index contributed by atoms with van der Waals surface area (Å²) in [7, 11) is 0. The molecule has 0 aliphatic rings. The number of anilines is 1. The maximum atomic E-state index is 6.01. The van der Waals surface area contributed by atoms with E-state index in [1.165, 1.54) is 0 Å². The molecule has 0 N–H and O–H groups in total. The molecule has 0 fully saturated rings. The van der Waals surface area contributed by atoms with Crippen LogP contribution in [0.15, 0.2) is 24.5 Å². The molecule has 5 heteroatoms. The van der Waals surface area contributed by atoms with E-state index in [0.717, 1.165) is 34.8 Å². The number of hydrogen-bond donors (Lipinski definition) is 0. The number of halogens is 2. The van der Waals surface area contributed by atoms with Crippen LogP contribution in [0.25, 0.3) is 10.9 Å². The van der Waals surface area contributed by atoms with Crippen LogP contribution in [-0.4, -0.2) is 23.1 Å². The second kappa shape index (κ2) is 6.03. The third-order valence-corrected chi connectivity index (χ3v) is 2.87. The highest BCUT2D eigenvalue weighted by atomic mass is 35.5. The summed E-state index contributed by atoms with van der Waals surface area (Å²) in [5, 5.41) is 1.73. The molecule has 2 rings (SSSR count). The van der Waals surface area contributed by atoms with Gasteiger partial charge in [-0.3, -0.25) is 0 Å². The van der Waals surface area contributed by atoms with E-state index in [4.69, 9.17) is 11.6 Å². The number of benzene rings is 1. The summed E-state index contributed by atoms with van der Waals surface area (Å²) < 4.78 is 0. The molecule has 0 amide bonds. The fraction of sp³-hybridized carbons (Fsp3) is 0.333. The van der Waals surface area contributed by atoms with E-state index in [9.17, 15) is 0 Å². The lowest BCUT2D eigenvalue weighted by Gasteiger charge is -2.20. The van der Waals surface area contributed by atoms with Crippen molar-refractivity contribution in [3.8, 4) is 0 Å². The Labute approximate surface area is 112 Å². The normalized spacial score (nSPS) is 10.1. The quantitative estimate of drug-likeness (QED) is 0.855. The van der Waals surface area contributed by atoms with E-state index in [1.807, 2.05) is 18.2 Å². The fourth-order valence-electron chi connectivity index (χ4n) is 1.79. The van der Waals surface area contributed by atoms with Gasteiger partial charge in [0.2, 0.25) is 0 Å². The van der Waals surface area contributed by atoms with Crippen LogP contribution in [0.2, 0.25) is 5.02 Å². The molecule has 1 aromatic carbocycles. The van der Waals surface area contributed by atoms with E-state index in [1.54, 1.807) is 6.33 Å². The summed E-state index contributed by atoms with van der Waals surface area (Å²) in [6, 6.07) is 5.69. The second-order valence-electron chi connectivity index (χ2n) is 3.53. The zero-order valence-corrected chi connectivity index (χ0v) is 11.4. The minimum Gasteiger partial charge on any atom is -0.357 e. The molecule has 0 saturated heterocycles. The van der Waals surface area contributed by atoms with Gasteiger partial charge in [-0.15, -0.1) is 12.4 Å². The topological polar surface area (TPSA) is 29.0 Å². The summed E-state index contributed by atoms with van der Waals surface area (Å²) in [5.41, 5.74) is 0.932. The van der Waals surface area contributed by atoms with Crippen molar-refractivity contribution in [2.45, 2.75) is 13.8 Å². The molecular weight excluding hydrogens is 257 g/mol. The number of hydrogen-bond acceptors (Lipinski definition) is 3. The van der Waals surface area contributed by atoms with Crippen molar-refractivity contribution in [3.63, 3.8) is 0 Å². The molecular formula is C12H15Cl2N3. The molecule has 2 aromatic rings. The predicted octanol–water partition coefficient (Wildman–Crippen LogP) is 3.55. The zero-order valence-electron chi connectivity index (χ0n) is 9.85. The molecule has 92 valence electrons. The van der Waals surface area contributed by atoms with Crippen LogP contribution in [0, 0.1) is 0 Å². The monoisotopic (exact) mass is 271 g/mol. The van der Waals surface area contributed by atoms with Gasteiger partial charge in [-0.1, -0.05) is 11.6 Å². The Bertz CT molecular complexity index is 498. The van der Waals surface area contributed by atoms with Gasteiger partial charge in [-0.2, -0.15) is 0 Å². The summed E-state index contributed by atoms with van der Waals surface area (Å²) in [6.07, 6.45) is 1.60. The molecule has 0 unspecified atom stereocenters. The first-order valence-electron chi connectivity index (χ1n) is 5.41. The lowest BCUT2D eigenvalue weighted by molar-refractivity contribution is 0.849. The minimum atomic E-state index is 0. The fourth-order valence-corrected chi connectivity index (χ4v) is 1.96. The Morgan fingerprint density at radius 2 is 1.88 bits per heavy atom. The Balaban J connectivity index is 0.00000144. The smallest absolute Gasteiger partial charge is 0.139 e. The molecule has 3 nitrogen and oxygen atoms in total. The molecule has 0 saturated carbocycles. The Hall–Kier alpha value is -1.06. The van der Waals surface area contributed by atoms with Crippen LogP contribution in [0.4, 0.5) is 5.82 Å². The van der Waals surface area contributed by atoms with E-state index in [2.05, 4.69) is 28.7 Å². The predicted molar refractivity (Wildman–Crippen MR) is 75.4 cm³/mol. The van der Waals surface area contributed by atoms with Gasteiger partial charge in [0.05, 0.1) is 5.52 Å². The van der Waals surface area contributed by atoms with Crippen molar-refractivity contribution in [3.05, 3.63) is 29.5 Å². The average Bonchev–Trinajstić information content (AvgIpc) is 2.31. The summed E-state index contributed by atoms with van der Waals surface area (Å²) >= 11 is 6.01. The highest BCUT2D eigenvalue weighted by Crippen LogP contribution is 2.25. The van der Waals surface area contributed by atoms with Gasteiger partial charge in [-0.05, 0) is 32.0 Å². The van der Waals surface area contributed by atoms with Gasteiger partial charge in [-0.25, -0.2) is 9.97 Å². The first kappa shape index (κ1) is 14.0. The largest absolute Gasteiger partial charge is 0.357 e.